The van der Waals surface area contributed by atoms with Crippen molar-refractivity contribution in [3.8, 4) is 6.07 Å². The first-order valence-electron chi connectivity index (χ1n) is 7.32. The monoisotopic (exact) mass is 305 g/mol. The molecule has 1 fully saturated rings. The van der Waals surface area contributed by atoms with Crippen molar-refractivity contribution in [3.63, 3.8) is 0 Å². The number of nitrogens with two attached hydrogens (primary N) is 1. The van der Waals surface area contributed by atoms with Gasteiger partial charge in [-0.05, 0) is 14.1 Å². The summed E-state index contributed by atoms with van der Waals surface area (Å²) in [4.78, 5) is 14.6. The highest BCUT2D eigenvalue weighted by molar-refractivity contribution is 5.50. The Kier molecular flexibility index (Phi) is 5.49. The van der Waals surface area contributed by atoms with Crippen LogP contribution in [0.1, 0.15) is 5.56 Å². The molecule has 0 aliphatic carbocycles. The first-order chi connectivity index (χ1) is 10.5. The number of likely N-dealkylation sites (N-methyl/N-ethyl adjacent to an activating group) is 1. The van der Waals surface area contributed by atoms with Crippen LogP contribution in [0.25, 0.3) is 0 Å². The molecule has 1 aliphatic rings. The topological polar surface area (TPSA) is 106 Å². The van der Waals surface area contributed by atoms with Gasteiger partial charge in [0.1, 0.15) is 17.5 Å². The maximum Gasteiger partial charge on any atom is 0.227 e. The molecule has 1 aromatic rings. The lowest BCUT2D eigenvalue weighted by molar-refractivity contribution is 0.0859. The van der Waals surface area contributed by atoms with E-state index in [2.05, 4.69) is 14.9 Å². The van der Waals surface area contributed by atoms with E-state index in [1.807, 2.05) is 30.0 Å². The first kappa shape index (κ1) is 16.4. The van der Waals surface area contributed by atoms with E-state index < -0.39 is 0 Å². The fraction of sp³-hybridized carbons (Fsp3) is 0.643. The largest absolute Gasteiger partial charge is 0.390 e. The zero-order valence-electron chi connectivity index (χ0n) is 13.1. The Hall–Kier alpha value is -1.95. The lowest BCUT2D eigenvalue weighted by atomic mass is 10.2. The number of aliphatic hydroxyl groups excluding tert-OH is 1. The van der Waals surface area contributed by atoms with Crippen LogP contribution in [0.15, 0.2) is 6.20 Å². The summed E-state index contributed by atoms with van der Waals surface area (Å²) in [5, 5.41) is 18.8. The molecule has 1 saturated heterocycles. The van der Waals surface area contributed by atoms with Gasteiger partial charge in [0.2, 0.25) is 5.95 Å². The predicted molar refractivity (Wildman–Crippen MR) is 84.4 cm³/mol. The fourth-order valence-corrected chi connectivity index (χ4v) is 2.53. The standard InChI is InChI=1S/C14H23N7O/c1-19(2)9-12(22)10-20-3-5-21(6-4-20)14-17-8-11(7-15)13(16)18-14/h8,12,22H,3-6,9-10H2,1-2H3,(H2,16,17,18). The van der Waals surface area contributed by atoms with Crippen LogP contribution in [0.3, 0.4) is 0 Å². The van der Waals surface area contributed by atoms with Gasteiger partial charge in [0.15, 0.2) is 0 Å². The summed E-state index contributed by atoms with van der Waals surface area (Å²) in [6, 6.07) is 1.96. The molecule has 120 valence electrons. The Morgan fingerprint density at radius 3 is 2.64 bits per heavy atom. The van der Waals surface area contributed by atoms with E-state index in [0.29, 0.717) is 24.6 Å². The molecular formula is C14H23N7O. The minimum atomic E-state index is -0.344. The lowest BCUT2D eigenvalue weighted by Gasteiger charge is -2.35. The van der Waals surface area contributed by atoms with Crippen LogP contribution in [0.4, 0.5) is 11.8 Å². The van der Waals surface area contributed by atoms with Gasteiger partial charge in [0.25, 0.3) is 0 Å². The summed E-state index contributed by atoms with van der Waals surface area (Å²) in [6.07, 6.45) is 1.12. The van der Waals surface area contributed by atoms with Crippen molar-refractivity contribution in [1.82, 2.24) is 19.8 Å². The molecule has 0 aromatic carbocycles. The molecule has 1 aromatic heterocycles. The van der Waals surface area contributed by atoms with E-state index in [-0.39, 0.29) is 11.9 Å². The number of rotatable bonds is 5. The number of aromatic nitrogens is 2. The summed E-state index contributed by atoms with van der Waals surface area (Å²) in [5.74, 6) is 0.779. The third-order valence-corrected chi connectivity index (χ3v) is 3.63. The number of anilines is 2. The molecule has 2 heterocycles. The van der Waals surface area contributed by atoms with Crippen molar-refractivity contribution in [1.29, 1.82) is 5.26 Å². The van der Waals surface area contributed by atoms with E-state index in [0.717, 1.165) is 26.2 Å². The molecule has 8 heteroatoms. The fourth-order valence-electron chi connectivity index (χ4n) is 2.53. The molecule has 0 saturated carbocycles. The highest BCUT2D eigenvalue weighted by Gasteiger charge is 2.21. The number of hydrogen-bond donors (Lipinski definition) is 2. The maximum absolute atomic E-state index is 9.98. The Bertz CT molecular complexity index is 534. The summed E-state index contributed by atoms with van der Waals surface area (Å²) in [6.45, 7) is 4.57. The number of aliphatic hydroxyl groups is 1. The second-order valence-corrected chi connectivity index (χ2v) is 5.78. The van der Waals surface area contributed by atoms with E-state index in [9.17, 15) is 5.11 Å². The van der Waals surface area contributed by atoms with Crippen molar-refractivity contribution < 1.29 is 5.11 Å². The van der Waals surface area contributed by atoms with Crippen molar-refractivity contribution >= 4 is 11.8 Å². The van der Waals surface area contributed by atoms with Crippen LogP contribution in [-0.4, -0.2) is 84.3 Å². The van der Waals surface area contributed by atoms with Crippen molar-refractivity contribution in [2.45, 2.75) is 6.10 Å². The van der Waals surface area contributed by atoms with Gasteiger partial charge < -0.3 is 20.6 Å². The molecule has 0 radical (unpaired) electrons. The normalized spacial score (nSPS) is 17.5. The average molecular weight is 305 g/mol. The number of nitrogen functional groups attached to an aromatic ring is 1. The predicted octanol–water partition coefficient (Wildman–Crippen LogP) is -1.03. The van der Waals surface area contributed by atoms with Crippen LogP contribution in [-0.2, 0) is 0 Å². The molecule has 0 spiro atoms. The van der Waals surface area contributed by atoms with Crippen molar-refractivity contribution in [2.24, 2.45) is 0 Å². The van der Waals surface area contributed by atoms with Crippen LogP contribution < -0.4 is 10.6 Å². The number of β-amino-alcohol motifs (C(OH)–C–C–N with tert-alkyl or cyclic N) is 1. The maximum atomic E-state index is 9.98. The Morgan fingerprint density at radius 2 is 2.09 bits per heavy atom. The zero-order chi connectivity index (χ0) is 16.1. The van der Waals surface area contributed by atoms with Gasteiger partial charge in [-0.15, -0.1) is 0 Å². The SMILES string of the molecule is CN(C)CC(O)CN1CCN(c2ncc(C#N)c(N)n2)CC1. The van der Waals surface area contributed by atoms with E-state index in [4.69, 9.17) is 11.0 Å². The molecule has 8 nitrogen and oxygen atoms in total. The number of hydrogen-bond acceptors (Lipinski definition) is 8. The number of nitriles is 1. The van der Waals surface area contributed by atoms with Gasteiger partial charge in [-0.25, -0.2) is 4.98 Å². The molecule has 1 unspecified atom stereocenters. The molecule has 0 bridgehead atoms. The van der Waals surface area contributed by atoms with E-state index in [1.165, 1.54) is 6.20 Å². The van der Waals surface area contributed by atoms with Crippen LogP contribution in [0.5, 0.6) is 0 Å². The zero-order valence-corrected chi connectivity index (χ0v) is 13.1. The highest BCUT2D eigenvalue weighted by Crippen LogP contribution is 2.15. The van der Waals surface area contributed by atoms with E-state index >= 15 is 0 Å². The molecule has 1 aliphatic heterocycles. The summed E-state index contributed by atoms with van der Waals surface area (Å²) in [5.41, 5.74) is 6.03. The molecular weight excluding hydrogens is 282 g/mol. The van der Waals surface area contributed by atoms with Gasteiger partial charge in [0.05, 0.1) is 12.3 Å². The Morgan fingerprint density at radius 1 is 1.41 bits per heavy atom. The minimum absolute atomic E-state index is 0.219. The van der Waals surface area contributed by atoms with Crippen molar-refractivity contribution in [2.75, 3.05) is 64.0 Å². The van der Waals surface area contributed by atoms with Crippen LogP contribution in [0.2, 0.25) is 0 Å². The van der Waals surface area contributed by atoms with Gasteiger partial charge in [-0.3, -0.25) is 4.90 Å². The minimum Gasteiger partial charge on any atom is -0.390 e. The average Bonchev–Trinajstić information content (AvgIpc) is 2.47. The quantitative estimate of drug-likeness (QED) is 0.712. The van der Waals surface area contributed by atoms with Crippen molar-refractivity contribution in [3.05, 3.63) is 11.8 Å². The Labute approximate surface area is 130 Å². The van der Waals surface area contributed by atoms with Gasteiger partial charge in [-0.1, -0.05) is 0 Å². The molecule has 22 heavy (non-hydrogen) atoms. The third-order valence-electron chi connectivity index (χ3n) is 3.63. The highest BCUT2D eigenvalue weighted by atomic mass is 16.3. The summed E-state index contributed by atoms with van der Waals surface area (Å²) >= 11 is 0. The second kappa shape index (κ2) is 7.35. The number of nitrogens with zero attached hydrogens (tertiary/aromatic N) is 6. The molecule has 0 amide bonds. The second-order valence-electron chi connectivity index (χ2n) is 5.78. The van der Waals surface area contributed by atoms with Gasteiger partial charge >= 0.3 is 0 Å². The molecule has 2 rings (SSSR count). The Balaban J connectivity index is 1.87. The molecule has 1 atom stereocenters. The smallest absolute Gasteiger partial charge is 0.227 e. The third kappa shape index (κ3) is 4.27. The van der Waals surface area contributed by atoms with Crippen LogP contribution in [0, 0.1) is 11.3 Å². The van der Waals surface area contributed by atoms with Gasteiger partial charge in [0, 0.05) is 39.3 Å². The summed E-state index contributed by atoms with van der Waals surface area (Å²) < 4.78 is 0. The van der Waals surface area contributed by atoms with Crippen LogP contribution >= 0.6 is 0 Å². The van der Waals surface area contributed by atoms with Gasteiger partial charge in [-0.2, -0.15) is 10.2 Å². The first-order valence-corrected chi connectivity index (χ1v) is 7.32. The summed E-state index contributed by atoms with van der Waals surface area (Å²) in [7, 11) is 3.90. The number of piperazine rings is 1. The molecule has 3 N–H and O–H groups in total. The lowest BCUT2D eigenvalue weighted by Crippen LogP contribution is -2.50. The van der Waals surface area contributed by atoms with E-state index in [1.54, 1.807) is 0 Å².